The zero-order valence-electron chi connectivity index (χ0n) is 23.9. The van der Waals surface area contributed by atoms with Gasteiger partial charge >= 0.3 is 12.5 Å². The van der Waals surface area contributed by atoms with Crippen LogP contribution in [0.3, 0.4) is 0 Å². The molecule has 13 heteroatoms. The lowest BCUT2D eigenvalue weighted by Crippen LogP contribution is -2.52. The number of para-hydroxylation sites is 1. The number of piperazine rings is 1. The van der Waals surface area contributed by atoms with Gasteiger partial charge in [0.05, 0.1) is 13.1 Å². The number of urea groups is 1. The van der Waals surface area contributed by atoms with Crippen LogP contribution in [0.4, 0.5) is 23.7 Å². The van der Waals surface area contributed by atoms with Crippen molar-refractivity contribution in [3.05, 3.63) is 65.8 Å². The molecule has 0 unspecified atom stereocenters. The van der Waals surface area contributed by atoms with E-state index in [4.69, 9.17) is 4.42 Å². The lowest BCUT2D eigenvalue weighted by Gasteiger charge is -2.36. The molecule has 5 rings (SSSR count). The molecule has 0 bridgehead atoms. The molecule has 2 aliphatic heterocycles. The number of aromatic nitrogens is 2. The minimum absolute atomic E-state index is 0.0577. The average Bonchev–Trinajstić information content (AvgIpc) is 3.53. The van der Waals surface area contributed by atoms with Crippen LogP contribution in [0.15, 0.2) is 52.9 Å². The van der Waals surface area contributed by atoms with E-state index in [9.17, 15) is 18.4 Å². The summed E-state index contributed by atoms with van der Waals surface area (Å²) in [4.78, 5) is 33.8. The fourth-order valence-corrected chi connectivity index (χ4v) is 5.33. The van der Waals surface area contributed by atoms with Gasteiger partial charge in [0.2, 0.25) is 11.8 Å². The first-order valence-electron chi connectivity index (χ1n) is 14.6. The molecule has 230 valence electrons. The fraction of sp³-hybridized carbons (Fsp3) is 0.467. The van der Waals surface area contributed by atoms with Gasteiger partial charge in [0.25, 0.3) is 5.89 Å². The third-order valence-electron chi connectivity index (χ3n) is 7.81. The van der Waals surface area contributed by atoms with Crippen LogP contribution in [0.25, 0.3) is 11.5 Å². The SMILES string of the molecule is O=C(CN1CCN(CCNC(=O)N(Cc2ccc(-c3nnc(C(F)F)o3)cc2F)c2ccccc2)CC1)N1CCCCC1. The largest absolute Gasteiger partial charge is 0.415 e. The Hall–Kier alpha value is -3.97. The van der Waals surface area contributed by atoms with Gasteiger partial charge in [-0.2, -0.15) is 8.78 Å². The van der Waals surface area contributed by atoms with E-state index in [0.29, 0.717) is 25.3 Å². The number of benzene rings is 2. The molecule has 0 atom stereocenters. The second-order valence-corrected chi connectivity index (χ2v) is 10.8. The summed E-state index contributed by atoms with van der Waals surface area (Å²) < 4.78 is 45.6. The number of amides is 3. The maximum Gasteiger partial charge on any atom is 0.322 e. The molecular weight excluding hydrogens is 563 g/mol. The minimum atomic E-state index is -2.92. The minimum Gasteiger partial charge on any atom is -0.415 e. The van der Waals surface area contributed by atoms with Gasteiger partial charge in [-0.25, -0.2) is 9.18 Å². The molecule has 3 amide bonds. The van der Waals surface area contributed by atoms with E-state index in [1.54, 1.807) is 24.3 Å². The topological polar surface area (TPSA) is 98.0 Å². The maximum atomic E-state index is 15.1. The van der Waals surface area contributed by atoms with Gasteiger partial charge in [-0.05, 0) is 43.5 Å². The number of hydrogen-bond donors (Lipinski definition) is 1. The number of piperidine rings is 1. The summed E-state index contributed by atoms with van der Waals surface area (Å²) >= 11 is 0. The molecule has 2 fully saturated rings. The monoisotopic (exact) mass is 599 g/mol. The standard InChI is InChI=1S/C30H36F3N7O3/c31-25-19-22(28-35-36-29(43-28)27(32)33)9-10-23(25)20-40(24-7-3-1-4-8-24)30(42)34-11-14-37-15-17-38(18-16-37)21-26(41)39-12-5-2-6-13-39/h1,3-4,7-10,19,27H,2,5-6,11-18,20-21H2,(H,34,42). The van der Waals surface area contributed by atoms with Crippen LogP contribution < -0.4 is 10.2 Å². The maximum absolute atomic E-state index is 15.1. The predicted octanol–water partition coefficient (Wildman–Crippen LogP) is 4.16. The third-order valence-corrected chi connectivity index (χ3v) is 7.81. The molecular formula is C30H36F3N7O3. The highest BCUT2D eigenvalue weighted by Gasteiger charge is 2.24. The normalized spacial score (nSPS) is 16.4. The van der Waals surface area contributed by atoms with Gasteiger partial charge in [0.1, 0.15) is 5.82 Å². The van der Waals surface area contributed by atoms with Gasteiger partial charge in [-0.3, -0.25) is 19.5 Å². The first-order valence-corrected chi connectivity index (χ1v) is 14.6. The van der Waals surface area contributed by atoms with Gasteiger partial charge in [-0.1, -0.05) is 24.3 Å². The Bertz CT molecular complexity index is 1360. The molecule has 10 nitrogen and oxygen atoms in total. The van der Waals surface area contributed by atoms with Crippen LogP contribution >= 0.6 is 0 Å². The van der Waals surface area contributed by atoms with E-state index in [1.807, 2.05) is 11.0 Å². The number of nitrogens with zero attached hydrogens (tertiary/aromatic N) is 6. The predicted molar refractivity (Wildman–Crippen MR) is 154 cm³/mol. The molecule has 0 aliphatic carbocycles. The first-order chi connectivity index (χ1) is 20.9. The van der Waals surface area contributed by atoms with Crippen LogP contribution in [0.1, 0.15) is 37.1 Å². The van der Waals surface area contributed by atoms with Crippen molar-refractivity contribution >= 4 is 17.6 Å². The van der Waals surface area contributed by atoms with Gasteiger partial charge in [0, 0.05) is 69.2 Å². The summed E-state index contributed by atoms with van der Waals surface area (Å²) in [7, 11) is 0. The number of anilines is 1. The molecule has 3 aromatic rings. The number of nitrogens with one attached hydrogen (secondary N) is 1. The van der Waals surface area contributed by atoms with Crippen LogP contribution in [-0.4, -0.2) is 95.7 Å². The first kappa shape index (κ1) is 30.5. The Balaban J connectivity index is 1.13. The quantitative estimate of drug-likeness (QED) is 0.374. The van der Waals surface area contributed by atoms with E-state index in [0.717, 1.165) is 58.2 Å². The van der Waals surface area contributed by atoms with Crippen molar-refractivity contribution in [2.24, 2.45) is 0 Å². The van der Waals surface area contributed by atoms with Crippen molar-refractivity contribution in [2.75, 3.05) is 63.8 Å². The van der Waals surface area contributed by atoms with Crippen LogP contribution in [0, 0.1) is 5.82 Å². The van der Waals surface area contributed by atoms with Crippen molar-refractivity contribution in [2.45, 2.75) is 32.2 Å². The molecule has 2 aliphatic rings. The van der Waals surface area contributed by atoms with Crippen molar-refractivity contribution in [3.63, 3.8) is 0 Å². The Morgan fingerprint density at radius 2 is 1.65 bits per heavy atom. The van der Waals surface area contributed by atoms with Crippen LogP contribution in [0.5, 0.6) is 0 Å². The average molecular weight is 600 g/mol. The summed E-state index contributed by atoms with van der Waals surface area (Å²) in [5, 5.41) is 9.79. The zero-order valence-corrected chi connectivity index (χ0v) is 23.9. The van der Waals surface area contributed by atoms with Crippen molar-refractivity contribution < 1.29 is 27.2 Å². The number of carbonyl (C=O) groups excluding carboxylic acids is 2. The molecule has 0 spiro atoms. The Morgan fingerprint density at radius 3 is 2.33 bits per heavy atom. The van der Waals surface area contributed by atoms with E-state index >= 15 is 4.39 Å². The fourth-order valence-electron chi connectivity index (χ4n) is 5.33. The summed E-state index contributed by atoms with van der Waals surface area (Å²) in [5.74, 6) is -1.48. The Labute approximate surface area is 248 Å². The highest BCUT2D eigenvalue weighted by atomic mass is 19.3. The second kappa shape index (κ2) is 14.5. The number of rotatable bonds is 10. The number of likely N-dealkylation sites (tertiary alicyclic amines) is 1. The molecule has 2 aromatic carbocycles. The van der Waals surface area contributed by atoms with Crippen molar-refractivity contribution in [3.8, 4) is 11.5 Å². The van der Waals surface area contributed by atoms with E-state index < -0.39 is 18.1 Å². The lowest BCUT2D eigenvalue weighted by molar-refractivity contribution is -0.133. The van der Waals surface area contributed by atoms with Crippen molar-refractivity contribution in [1.29, 1.82) is 0 Å². The number of hydrogen-bond acceptors (Lipinski definition) is 7. The van der Waals surface area contributed by atoms with Crippen LogP contribution in [-0.2, 0) is 11.3 Å². The van der Waals surface area contributed by atoms with E-state index in [-0.39, 0.29) is 35.5 Å². The van der Waals surface area contributed by atoms with E-state index in [1.165, 1.54) is 23.5 Å². The second-order valence-electron chi connectivity index (χ2n) is 10.8. The number of alkyl halides is 2. The molecule has 1 aromatic heterocycles. The van der Waals surface area contributed by atoms with Crippen LogP contribution in [0.2, 0.25) is 0 Å². The van der Waals surface area contributed by atoms with Crippen molar-refractivity contribution in [1.82, 2.24) is 30.2 Å². The number of carbonyl (C=O) groups is 2. The summed E-state index contributed by atoms with van der Waals surface area (Å²) in [6.45, 7) is 6.39. The molecule has 2 saturated heterocycles. The Kier molecular flexibility index (Phi) is 10.3. The highest BCUT2D eigenvalue weighted by Crippen LogP contribution is 2.26. The molecule has 0 saturated carbocycles. The smallest absolute Gasteiger partial charge is 0.322 e. The summed E-state index contributed by atoms with van der Waals surface area (Å²) in [6, 6.07) is 12.6. The molecule has 0 radical (unpaired) electrons. The molecule has 3 heterocycles. The molecule has 1 N–H and O–H groups in total. The summed E-state index contributed by atoms with van der Waals surface area (Å²) in [5.41, 5.74) is 0.979. The molecule has 43 heavy (non-hydrogen) atoms. The van der Waals surface area contributed by atoms with Gasteiger partial charge in [0.15, 0.2) is 0 Å². The highest BCUT2D eigenvalue weighted by molar-refractivity contribution is 5.91. The van der Waals surface area contributed by atoms with E-state index in [2.05, 4.69) is 25.3 Å². The van der Waals surface area contributed by atoms with Gasteiger partial charge < -0.3 is 14.6 Å². The zero-order chi connectivity index (χ0) is 30.2. The third kappa shape index (κ3) is 8.11. The van der Waals surface area contributed by atoms with Gasteiger partial charge in [-0.15, -0.1) is 10.2 Å². The lowest BCUT2D eigenvalue weighted by atomic mass is 10.1. The summed E-state index contributed by atoms with van der Waals surface area (Å²) in [6.07, 6.45) is 0.444. The Morgan fingerprint density at radius 1 is 0.930 bits per heavy atom. The number of halogens is 3.